The number of rotatable bonds is 3. The first-order valence-electron chi connectivity index (χ1n) is 9.70. The Morgan fingerprint density at radius 2 is 1.50 bits per heavy atom. The minimum absolute atomic E-state index is 0.0927. The maximum atomic E-state index is 12.4. The van der Waals surface area contributed by atoms with Crippen LogP contribution in [-0.2, 0) is 0 Å². The maximum Gasteiger partial charge on any atom is 0.315 e. The summed E-state index contributed by atoms with van der Waals surface area (Å²) in [4.78, 5) is 12.4. The fraction of sp³-hybridized carbons (Fsp3) is 0.947. The van der Waals surface area contributed by atoms with Crippen LogP contribution in [-0.4, -0.2) is 18.1 Å². The van der Waals surface area contributed by atoms with Crippen LogP contribution in [0.1, 0.15) is 77.6 Å². The van der Waals surface area contributed by atoms with Crippen molar-refractivity contribution < 1.29 is 4.79 Å². The summed E-state index contributed by atoms with van der Waals surface area (Å²) in [6.45, 7) is 2.27. The van der Waals surface area contributed by atoms with E-state index < -0.39 is 0 Å². The standard InChI is InChI=1S/C19H32N2O/c1-13(20-18(22)21-17-5-3-2-4-6-17)19-10-14-7-15(11-19)9-16(8-14)12-19/h13-17H,2-12H2,1H3,(H2,20,21,22). The van der Waals surface area contributed by atoms with Crippen LogP contribution < -0.4 is 10.6 Å². The highest BCUT2D eigenvalue weighted by Crippen LogP contribution is 2.61. The summed E-state index contributed by atoms with van der Waals surface area (Å²) in [6.07, 6.45) is 14.7. The Morgan fingerprint density at radius 1 is 0.955 bits per heavy atom. The minimum atomic E-state index is 0.0927. The Bertz CT molecular complexity index is 392. The van der Waals surface area contributed by atoms with E-state index in [4.69, 9.17) is 0 Å². The summed E-state index contributed by atoms with van der Waals surface area (Å²) in [7, 11) is 0. The summed E-state index contributed by atoms with van der Waals surface area (Å²) < 4.78 is 0. The van der Waals surface area contributed by atoms with E-state index in [2.05, 4.69) is 17.6 Å². The molecule has 2 amide bonds. The predicted molar refractivity (Wildman–Crippen MR) is 88.6 cm³/mol. The Morgan fingerprint density at radius 3 is 2.05 bits per heavy atom. The van der Waals surface area contributed by atoms with Gasteiger partial charge in [0.25, 0.3) is 0 Å². The van der Waals surface area contributed by atoms with Gasteiger partial charge in [0.15, 0.2) is 0 Å². The van der Waals surface area contributed by atoms with E-state index in [1.54, 1.807) is 0 Å². The highest BCUT2D eigenvalue weighted by molar-refractivity contribution is 5.74. The zero-order chi connectivity index (χ0) is 15.2. The monoisotopic (exact) mass is 304 g/mol. The summed E-state index contributed by atoms with van der Waals surface area (Å²) in [5, 5.41) is 6.57. The largest absolute Gasteiger partial charge is 0.335 e. The van der Waals surface area contributed by atoms with Crippen LogP contribution >= 0.6 is 0 Å². The second-order valence-corrected chi connectivity index (χ2v) is 8.95. The fourth-order valence-electron chi connectivity index (χ4n) is 6.53. The molecule has 5 rings (SSSR count). The molecule has 0 aromatic rings. The molecule has 5 aliphatic carbocycles. The molecule has 0 heterocycles. The van der Waals surface area contributed by atoms with Gasteiger partial charge in [0.2, 0.25) is 0 Å². The van der Waals surface area contributed by atoms with Gasteiger partial charge in [0.05, 0.1) is 0 Å². The van der Waals surface area contributed by atoms with Gasteiger partial charge in [0, 0.05) is 12.1 Å². The van der Waals surface area contributed by atoms with Crippen LogP contribution in [0, 0.1) is 23.2 Å². The molecule has 1 atom stereocenters. The third kappa shape index (κ3) is 2.76. The SMILES string of the molecule is CC(NC(=O)NC1CCCCC1)C12CC3CC(CC(C3)C1)C2. The second kappa shape index (κ2) is 5.72. The number of carbonyl (C=O) groups excluding carboxylic acids is 1. The van der Waals surface area contributed by atoms with Gasteiger partial charge in [-0.15, -0.1) is 0 Å². The van der Waals surface area contributed by atoms with Crippen molar-refractivity contribution in [2.24, 2.45) is 23.2 Å². The van der Waals surface area contributed by atoms with Crippen molar-refractivity contribution in [1.29, 1.82) is 0 Å². The topological polar surface area (TPSA) is 41.1 Å². The molecule has 0 aliphatic heterocycles. The van der Waals surface area contributed by atoms with Crippen LogP contribution in [0.4, 0.5) is 4.79 Å². The van der Waals surface area contributed by atoms with E-state index in [1.807, 2.05) is 0 Å². The van der Waals surface area contributed by atoms with Gasteiger partial charge in [0.1, 0.15) is 0 Å². The van der Waals surface area contributed by atoms with Gasteiger partial charge in [-0.2, -0.15) is 0 Å². The average Bonchev–Trinajstić information content (AvgIpc) is 2.46. The molecule has 0 spiro atoms. The lowest BCUT2D eigenvalue weighted by atomic mass is 9.48. The van der Waals surface area contributed by atoms with Crippen LogP contribution in [0.25, 0.3) is 0 Å². The maximum absolute atomic E-state index is 12.4. The molecule has 2 N–H and O–H groups in total. The Kier molecular flexibility index (Phi) is 3.86. The van der Waals surface area contributed by atoms with E-state index in [-0.39, 0.29) is 6.03 Å². The van der Waals surface area contributed by atoms with Gasteiger partial charge in [-0.05, 0) is 81.5 Å². The smallest absolute Gasteiger partial charge is 0.315 e. The fourth-order valence-corrected chi connectivity index (χ4v) is 6.53. The van der Waals surface area contributed by atoms with Crippen molar-refractivity contribution in [3.63, 3.8) is 0 Å². The van der Waals surface area contributed by atoms with E-state index >= 15 is 0 Å². The Labute approximate surface area is 135 Å². The average molecular weight is 304 g/mol. The van der Waals surface area contributed by atoms with Crippen molar-refractivity contribution in [3.8, 4) is 0 Å². The Hall–Kier alpha value is -0.730. The van der Waals surface area contributed by atoms with Crippen molar-refractivity contribution in [2.75, 3.05) is 0 Å². The first-order chi connectivity index (χ1) is 10.6. The molecule has 0 saturated heterocycles. The van der Waals surface area contributed by atoms with Crippen molar-refractivity contribution in [2.45, 2.75) is 89.6 Å². The van der Waals surface area contributed by atoms with Crippen LogP contribution in [0.5, 0.6) is 0 Å². The molecule has 3 heteroatoms. The minimum Gasteiger partial charge on any atom is -0.335 e. The predicted octanol–water partition coefficient (Wildman–Crippen LogP) is 4.22. The first kappa shape index (κ1) is 14.8. The third-order valence-electron chi connectivity index (χ3n) is 7.29. The van der Waals surface area contributed by atoms with Gasteiger partial charge in [-0.25, -0.2) is 4.79 Å². The van der Waals surface area contributed by atoms with Crippen LogP contribution in [0.15, 0.2) is 0 Å². The van der Waals surface area contributed by atoms with Gasteiger partial charge in [-0.3, -0.25) is 0 Å². The van der Waals surface area contributed by atoms with Gasteiger partial charge >= 0.3 is 6.03 Å². The second-order valence-electron chi connectivity index (χ2n) is 8.95. The van der Waals surface area contributed by atoms with Crippen molar-refractivity contribution >= 4 is 6.03 Å². The van der Waals surface area contributed by atoms with Crippen LogP contribution in [0.3, 0.4) is 0 Å². The summed E-state index contributed by atoms with van der Waals surface area (Å²) in [5.74, 6) is 2.87. The normalized spacial score (nSPS) is 42.1. The molecule has 124 valence electrons. The molecular formula is C19H32N2O. The number of nitrogens with one attached hydrogen (secondary N) is 2. The molecular weight excluding hydrogens is 272 g/mol. The van der Waals surface area contributed by atoms with E-state index in [9.17, 15) is 4.79 Å². The quantitative estimate of drug-likeness (QED) is 0.805. The molecule has 0 aromatic heterocycles. The summed E-state index contributed by atoms with van der Waals surface area (Å²) in [5.41, 5.74) is 0.415. The highest BCUT2D eigenvalue weighted by atomic mass is 16.2. The van der Waals surface area contributed by atoms with Crippen LogP contribution in [0.2, 0.25) is 0 Å². The molecule has 4 bridgehead atoms. The lowest BCUT2D eigenvalue weighted by Gasteiger charge is -2.59. The first-order valence-corrected chi connectivity index (χ1v) is 9.70. The number of amides is 2. The van der Waals surface area contributed by atoms with E-state index in [1.165, 1.54) is 70.6 Å². The number of urea groups is 1. The van der Waals surface area contributed by atoms with Crippen molar-refractivity contribution in [3.05, 3.63) is 0 Å². The Balaban J connectivity index is 1.35. The van der Waals surface area contributed by atoms with E-state index in [0.29, 0.717) is 17.5 Å². The zero-order valence-electron chi connectivity index (χ0n) is 14.1. The van der Waals surface area contributed by atoms with Gasteiger partial charge < -0.3 is 10.6 Å². The zero-order valence-corrected chi connectivity index (χ0v) is 14.1. The molecule has 0 aromatic carbocycles. The molecule has 5 aliphatic rings. The number of carbonyl (C=O) groups is 1. The molecule has 0 radical (unpaired) electrons. The summed E-state index contributed by atoms with van der Waals surface area (Å²) >= 11 is 0. The molecule has 3 nitrogen and oxygen atoms in total. The molecule has 22 heavy (non-hydrogen) atoms. The lowest BCUT2D eigenvalue weighted by Crippen LogP contribution is -2.57. The summed E-state index contributed by atoms with van der Waals surface area (Å²) in [6, 6.07) is 0.844. The number of hydrogen-bond donors (Lipinski definition) is 2. The molecule has 1 unspecified atom stereocenters. The van der Waals surface area contributed by atoms with Gasteiger partial charge in [-0.1, -0.05) is 19.3 Å². The molecule has 5 fully saturated rings. The van der Waals surface area contributed by atoms with E-state index in [0.717, 1.165) is 17.8 Å². The number of hydrogen-bond acceptors (Lipinski definition) is 1. The lowest BCUT2D eigenvalue weighted by molar-refractivity contribution is -0.0682. The molecule has 5 saturated carbocycles. The third-order valence-corrected chi connectivity index (χ3v) is 7.29. The van der Waals surface area contributed by atoms with Crippen molar-refractivity contribution in [1.82, 2.24) is 10.6 Å². The highest BCUT2D eigenvalue weighted by Gasteiger charge is 2.53.